The van der Waals surface area contributed by atoms with Crippen LogP contribution in [-0.4, -0.2) is 7.85 Å². The van der Waals surface area contributed by atoms with Crippen LogP contribution in [0, 0.1) is 256 Å². The van der Waals surface area contributed by atoms with E-state index in [9.17, 15) is 0 Å². The summed E-state index contributed by atoms with van der Waals surface area (Å²) in [5.74, 6) is 32.2. The second-order valence-corrected chi connectivity index (χ2v) is 31.8. The molecule has 0 saturated heterocycles. The van der Waals surface area contributed by atoms with Gasteiger partial charge in [0.05, 0.1) is 7.85 Å². The van der Waals surface area contributed by atoms with Crippen molar-refractivity contribution in [1.82, 2.24) is 0 Å². The van der Waals surface area contributed by atoms with Crippen LogP contribution in [0.15, 0.2) is 0 Å². The van der Waals surface area contributed by atoms with Gasteiger partial charge in [0.2, 0.25) is 0 Å². The van der Waals surface area contributed by atoms with Crippen LogP contribution >= 0.6 is 0 Å². The van der Waals surface area contributed by atoms with Crippen LogP contribution in [0.25, 0.3) is 0 Å². The molecule has 0 N–H and O–H groups in total. The van der Waals surface area contributed by atoms with Gasteiger partial charge in [0, 0.05) is 0 Å². The molecule has 0 nitrogen and oxygen atoms in total. The highest BCUT2D eigenvalue weighted by Gasteiger charge is 3.59. The lowest BCUT2D eigenvalue weighted by Gasteiger charge is -3.57. The summed E-state index contributed by atoms with van der Waals surface area (Å²) in [5.41, 5.74) is 20.7. The Morgan fingerprint density at radius 3 is 1.25 bits per heavy atom. The Hall–Kier alpha value is 0.0649. The molecule has 0 aliphatic heterocycles. The molecule has 0 heterocycles. The SMILES string of the molecule is [B]C12C(C)C3C4CC5C6C7C8C9C%10C%11C%12C%13C%14CC%15C%16C(C)C%17C%18C%19C%20C%21C%22C%23C%24C1C1%25C32C45C61C71C%24%25C%232C81C91C%103C%114C%125C%136C%15%14C%16%17C%186C%195C%204C%213C%2221. The molecule has 0 amide bonds. The minimum atomic E-state index is 0.362. The van der Waals surface area contributed by atoms with Gasteiger partial charge in [-0.3, -0.25) is 0 Å². The highest BCUT2D eigenvalue weighted by molar-refractivity contribution is 6.22. The van der Waals surface area contributed by atoms with Crippen LogP contribution in [-0.2, 0) is 0 Å². The lowest BCUT2D eigenvalue weighted by molar-refractivity contribution is -1.12. The van der Waals surface area contributed by atoms with E-state index >= 15 is 0 Å². The maximum absolute atomic E-state index is 8.19. The van der Waals surface area contributed by atoms with Crippen LogP contribution in [0.5, 0.6) is 0 Å². The molecule has 33 rings (SSSR count). The largest absolute Gasteiger partial charge is 0.0762 e. The molecule has 0 aromatic rings. The fourth-order valence-electron chi connectivity index (χ4n) is 51.7. The summed E-state index contributed by atoms with van der Waals surface area (Å²) < 4.78 is 0. The van der Waals surface area contributed by atoms with Gasteiger partial charge in [-0.1, -0.05) is 19.2 Å². The third-order valence-electron chi connectivity index (χ3n) is 41.6. The molecule has 46 atom stereocenters. The molecule has 33 aliphatic carbocycles. The standard InChI is InChI=1S/C50H35B/c1-5-11-7-3-9-14-17-20-23-24-21-18-15-10-4-8-13-6(2)33(51)29-28-27-26-25-22-19-16-12(5)32(11)30(7,9)35(14)37(16,32)40(19)38(17,35)41(20)43(22,40)46(25)44(23,41)45(24)42(21)39(18)36(15)31(8,10)34(13,33)50(29,36)49(28,39)48(27,42)47(26,45)46/h5-29H,3-4H2,1-2H3. The van der Waals surface area contributed by atoms with Crippen molar-refractivity contribution in [2.75, 3.05) is 0 Å². The summed E-state index contributed by atoms with van der Waals surface area (Å²) >= 11 is 0. The zero-order chi connectivity index (χ0) is 29.3. The van der Waals surface area contributed by atoms with Gasteiger partial charge in [0.25, 0.3) is 0 Å². The molecule has 0 aromatic heterocycles. The van der Waals surface area contributed by atoms with Crippen LogP contribution in [0.4, 0.5) is 0 Å². The summed E-state index contributed by atoms with van der Waals surface area (Å²) in [7, 11) is 8.19. The first-order valence-corrected chi connectivity index (χ1v) is 24.9. The molecule has 46 unspecified atom stereocenters. The van der Waals surface area contributed by atoms with Crippen molar-refractivity contribution in [3.05, 3.63) is 0 Å². The number of hydrogen-bond acceptors (Lipinski definition) is 0. The van der Waals surface area contributed by atoms with Crippen LogP contribution < -0.4 is 0 Å². The Balaban J connectivity index is 0.764. The molecule has 238 valence electrons. The van der Waals surface area contributed by atoms with Crippen molar-refractivity contribution in [3.63, 3.8) is 0 Å². The average Bonchev–Trinajstić information content (AvgIpc) is 2.99. The summed E-state index contributed by atoms with van der Waals surface area (Å²) in [4.78, 5) is 0. The molecule has 0 bridgehead atoms. The minimum Gasteiger partial charge on any atom is -0.0624 e. The van der Waals surface area contributed by atoms with Gasteiger partial charge in [0.15, 0.2) is 0 Å². The summed E-state index contributed by atoms with van der Waals surface area (Å²) in [6.07, 6.45) is 3.52. The smallest absolute Gasteiger partial charge is 0.0624 e. The van der Waals surface area contributed by atoms with Crippen molar-refractivity contribution in [2.45, 2.75) is 32.0 Å². The molecule has 33 saturated carbocycles. The minimum absolute atomic E-state index is 0.362. The highest BCUT2D eigenvalue weighted by Crippen LogP contribution is 3.60. The van der Waals surface area contributed by atoms with E-state index in [0.717, 1.165) is 126 Å². The van der Waals surface area contributed by atoms with Crippen molar-refractivity contribution in [1.29, 1.82) is 0 Å². The Labute approximate surface area is 295 Å². The van der Waals surface area contributed by atoms with E-state index in [1.54, 1.807) is 12.8 Å². The maximum atomic E-state index is 8.19. The van der Waals surface area contributed by atoms with E-state index in [4.69, 9.17) is 7.85 Å². The molecule has 1 heteroatoms. The van der Waals surface area contributed by atoms with Crippen LogP contribution in [0.3, 0.4) is 0 Å². The van der Waals surface area contributed by atoms with E-state index in [1.165, 1.54) is 130 Å². The van der Waals surface area contributed by atoms with Crippen molar-refractivity contribution in [3.8, 4) is 0 Å². The van der Waals surface area contributed by atoms with Crippen LogP contribution in [0.1, 0.15) is 26.7 Å². The Morgan fingerprint density at radius 2 is 0.686 bits per heavy atom. The Kier molecular flexibility index (Phi) is 1.06. The Morgan fingerprint density at radius 1 is 0.314 bits per heavy atom. The predicted molar refractivity (Wildman–Crippen MR) is 165 cm³/mol. The molecular formula is C50H35B. The zero-order valence-corrected chi connectivity index (χ0v) is 28.9. The van der Waals surface area contributed by atoms with Crippen molar-refractivity contribution in [2.24, 2.45) is 256 Å². The zero-order valence-electron chi connectivity index (χ0n) is 28.9. The third kappa shape index (κ3) is 0.450. The molecule has 20 spiro atoms. The van der Waals surface area contributed by atoms with E-state index in [1.807, 2.05) is 0 Å². The monoisotopic (exact) mass is 646 g/mol. The summed E-state index contributed by atoms with van der Waals surface area (Å²) in [6, 6.07) is 0. The molecule has 33 fully saturated rings. The first kappa shape index (κ1) is 18.6. The molecule has 2 radical (unpaired) electrons. The first-order valence-electron chi connectivity index (χ1n) is 24.9. The quantitative estimate of drug-likeness (QED) is 0.335. The first-order chi connectivity index (χ1) is 25.1. The third-order valence-corrected chi connectivity index (χ3v) is 41.6. The number of hydrogen-bond donors (Lipinski definition) is 0. The second kappa shape index (κ2) is 2.92. The normalized spacial score (nSPS) is 133. The van der Waals surface area contributed by atoms with E-state index in [0.29, 0.717) is 5.31 Å². The molecule has 33 aliphatic rings. The van der Waals surface area contributed by atoms with E-state index < -0.39 is 0 Å². The number of fused-ring (bicyclic) bond motifs is 20. The summed E-state index contributed by atoms with van der Waals surface area (Å²) in [6.45, 7) is 5.62. The molecule has 0 aromatic carbocycles. The van der Waals surface area contributed by atoms with Gasteiger partial charge in [-0.2, -0.15) is 0 Å². The van der Waals surface area contributed by atoms with Crippen molar-refractivity contribution >= 4 is 7.85 Å². The summed E-state index contributed by atoms with van der Waals surface area (Å²) in [5, 5.41) is 0.362. The topological polar surface area (TPSA) is 0 Å². The predicted octanol–water partition coefficient (Wildman–Crippen LogP) is 4.72. The van der Waals surface area contributed by atoms with Gasteiger partial charge >= 0.3 is 0 Å². The Bertz CT molecular complexity index is 3120. The molecule has 51 heavy (non-hydrogen) atoms. The fourth-order valence-corrected chi connectivity index (χ4v) is 51.7. The van der Waals surface area contributed by atoms with Gasteiger partial charge in [-0.25, -0.2) is 0 Å². The lowest BCUT2D eigenvalue weighted by atomic mass is 8.45. The van der Waals surface area contributed by atoms with Gasteiger partial charge < -0.3 is 0 Å². The second-order valence-electron chi connectivity index (χ2n) is 31.8. The van der Waals surface area contributed by atoms with Gasteiger partial charge in [-0.05, 0) is 269 Å². The van der Waals surface area contributed by atoms with Crippen molar-refractivity contribution < 1.29 is 0 Å². The average molecular weight is 647 g/mol. The van der Waals surface area contributed by atoms with E-state index in [-0.39, 0.29) is 0 Å². The van der Waals surface area contributed by atoms with Crippen LogP contribution in [0.2, 0.25) is 5.31 Å². The van der Waals surface area contributed by atoms with Gasteiger partial charge in [-0.15, -0.1) is 0 Å². The van der Waals surface area contributed by atoms with Gasteiger partial charge in [0.1, 0.15) is 0 Å². The number of rotatable bonds is 0. The maximum Gasteiger partial charge on any atom is 0.0762 e. The highest BCUT2D eigenvalue weighted by atomic mass is 15.6. The molecular weight excluding hydrogens is 611 g/mol. The fraction of sp³-hybridized carbons (Fsp3) is 1.00. The van der Waals surface area contributed by atoms with E-state index in [2.05, 4.69) is 13.8 Å². The lowest BCUT2D eigenvalue weighted by Crippen LogP contribution is -3.56.